The van der Waals surface area contributed by atoms with E-state index >= 15 is 24.0 Å². The molecule has 0 radical (unpaired) electrons. The monoisotopic (exact) mass is 1460 g/mol. The van der Waals surface area contributed by atoms with Crippen molar-refractivity contribution in [3.8, 4) is 0 Å². The van der Waals surface area contributed by atoms with Crippen molar-refractivity contribution in [1.82, 2.24) is 72.6 Å². The Balaban J connectivity index is 1.27. The van der Waals surface area contributed by atoms with E-state index in [2.05, 4.69) is 67.8 Å². The highest BCUT2D eigenvalue weighted by molar-refractivity contribution is 8.76. The van der Waals surface area contributed by atoms with Gasteiger partial charge >= 0.3 is 11.9 Å². The maximum absolute atomic E-state index is 15.5. The van der Waals surface area contributed by atoms with E-state index in [0.717, 1.165) is 28.5 Å². The standard InChI is InChI=1S/C65H89N19O16S2/c1-35(85)74-48-32-101-102-33-49(63(99)84-25-11-19-51(84)64(100)83-24-10-18-50(83)62(98)77-41(16-7-8-22-66)55(91)78-44(54(67)90)29-53(88)89)82-59(95)46(27-37-30-72-40-15-6-5-14-39(37)40)80-56(92)42(17-9-23-71-65(68)69)75-58(94)45(26-36-12-3-2-4-13-36)79-60(96)47(28-38-31-70-34-73-38)81-57(93)43(76-61(48)97)20-21-52(86)87/h2-6,12-15,30-31,34,41-51,72H,7-11,16-29,32-33,66H2,1H3,(H2,67,90)(H,70,73)(H,74,85)(H,75,94)(H,76,97)(H,77,98)(H,78,91)(H,79,96)(H,80,92)(H,81,93)(H,82,95)(H,86,87)(H,88,89)(H4,68,69,71)/t41-,42-,43-,44-,45+,46-,47-,48-,49+,50-,51-/m0/s1. The van der Waals surface area contributed by atoms with Gasteiger partial charge in [0.2, 0.25) is 70.9 Å². The molecule has 3 fully saturated rings. The van der Waals surface area contributed by atoms with Crippen LogP contribution in [0.1, 0.15) is 101 Å². The third-order valence-corrected chi connectivity index (χ3v) is 19.7. The fourth-order valence-electron chi connectivity index (χ4n) is 12.1. The van der Waals surface area contributed by atoms with Crippen molar-refractivity contribution in [2.75, 3.05) is 37.7 Å². The number of para-hydroxylation sites is 1. The first-order valence-electron chi connectivity index (χ1n) is 33.4. The van der Waals surface area contributed by atoms with Crippen LogP contribution >= 0.6 is 21.6 Å². The van der Waals surface area contributed by atoms with Gasteiger partial charge in [0.05, 0.1) is 12.7 Å². The van der Waals surface area contributed by atoms with E-state index in [1.807, 2.05) is 0 Å². The molecule has 12 amide bonds. The van der Waals surface area contributed by atoms with Crippen molar-refractivity contribution in [2.24, 2.45) is 27.9 Å². The molecule has 552 valence electrons. The number of benzene rings is 2. The van der Waals surface area contributed by atoms with Gasteiger partial charge in [0.1, 0.15) is 66.5 Å². The predicted octanol–water partition coefficient (Wildman–Crippen LogP) is -3.31. The predicted molar refractivity (Wildman–Crippen MR) is 373 cm³/mol. The Morgan fingerprint density at radius 1 is 0.647 bits per heavy atom. The number of nitrogens with one attached hydrogen (secondary N) is 11. The van der Waals surface area contributed by atoms with E-state index < -0.39 is 169 Å². The van der Waals surface area contributed by atoms with Gasteiger partial charge in [-0.3, -0.25) is 72.1 Å². The smallest absolute Gasteiger partial charge is 0.305 e. The minimum Gasteiger partial charge on any atom is -0.481 e. The summed E-state index contributed by atoms with van der Waals surface area (Å²) >= 11 is 0. The maximum Gasteiger partial charge on any atom is 0.305 e. The van der Waals surface area contributed by atoms with Crippen molar-refractivity contribution in [2.45, 2.75) is 170 Å². The summed E-state index contributed by atoms with van der Waals surface area (Å²) in [6, 6.07) is -0.581. The van der Waals surface area contributed by atoms with Gasteiger partial charge in [0, 0.05) is 92.7 Å². The van der Waals surface area contributed by atoms with Crippen LogP contribution in [0.25, 0.3) is 10.9 Å². The van der Waals surface area contributed by atoms with Gasteiger partial charge < -0.3 is 101 Å². The number of fused-ring (bicyclic) bond motifs is 1. The lowest BCUT2D eigenvalue weighted by Crippen LogP contribution is -2.61. The minimum absolute atomic E-state index is 0.00644. The second-order valence-corrected chi connectivity index (χ2v) is 27.4. The summed E-state index contributed by atoms with van der Waals surface area (Å²) < 4.78 is 0. The molecule has 3 aliphatic rings. The second-order valence-electron chi connectivity index (χ2n) is 24.9. The molecule has 35 nitrogen and oxygen atoms in total. The van der Waals surface area contributed by atoms with Gasteiger partial charge in [0.15, 0.2) is 5.96 Å². The second kappa shape index (κ2) is 39.1. The molecular weight excluding hydrogens is 1370 g/mol. The summed E-state index contributed by atoms with van der Waals surface area (Å²) in [4.78, 5) is 213. The molecule has 7 rings (SSSR count). The number of H-pyrrole nitrogens is 2. The Kier molecular flexibility index (Phi) is 30.3. The summed E-state index contributed by atoms with van der Waals surface area (Å²) in [5, 5.41) is 43.6. The molecule has 3 saturated heterocycles. The number of carbonyl (C=O) groups is 14. The van der Waals surface area contributed by atoms with Gasteiger partial charge in [-0.2, -0.15) is 0 Å². The molecule has 0 bridgehead atoms. The molecule has 5 heterocycles. The number of aliphatic carboxylic acids is 2. The topological polar surface area (TPSA) is 555 Å². The minimum atomic E-state index is -1.66. The lowest BCUT2D eigenvalue weighted by molar-refractivity contribution is -0.148. The normalized spacial score (nSPS) is 22.6. The number of nitrogens with two attached hydrogens (primary N) is 4. The van der Waals surface area contributed by atoms with Crippen LogP contribution in [0.4, 0.5) is 0 Å². The van der Waals surface area contributed by atoms with Crippen LogP contribution in [0, 0.1) is 0 Å². The van der Waals surface area contributed by atoms with Crippen LogP contribution in [-0.4, -0.2) is 228 Å². The van der Waals surface area contributed by atoms with Crippen LogP contribution in [-0.2, 0) is 86.4 Å². The zero-order chi connectivity index (χ0) is 74.0. The molecule has 0 unspecified atom stereocenters. The van der Waals surface area contributed by atoms with Crippen molar-refractivity contribution >= 4 is 121 Å². The summed E-state index contributed by atoms with van der Waals surface area (Å²) in [5.74, 6) is -14.3. The van der Waals surface area contributed by atoms with Gasteiger partial charge in [-0.25, -0.2) is 4.98 Å². The van der Waals surface area contributed by atoms with Crippen molar-refractivity contribution < 1.29 is 77.3 Å². The van der Waals surface area contributed by atoms with Crippen molar-refractivity contribution in [3.63, 3.8) is 0 Å². The van der Waals surface area contributed by atoms with Gasteiger partial charge in [-0.05, 0) is 87.9 Å². The number of rotatable bonds is 27. The van der Waals surface area contributed by atoms with Gasteiger partial charge in [-0.15, -0.1) is 0 Å². The number of aromatic amines is 2. The number of amides is 12. The van der Waals surface area contributed by atoms with Crippen molar-refractivity contribution in [1.29, 1.82) is 0 Å². The average molecular weight is 1460 g/mol. The summed E-state index contributed by atoms with van der Waals surface area (Å²) in [6.45, 7) is 1.34. The lowest BCUT2D eigenvalue weighted by Gasteiger charge is -2.33. The Morgan fingerprint density at radius 3 is 1.88 bits per heavy atom. The SMILES string of the molecule is CC(=O)N[C@H]1CSSC[C@H](C(=O)N2CCC[C@H]2C(=O)N2CCC[C@H]2C(=O)N[C@@H](CCCCN)C(=O)N[C@@H](CC(=O)O)C(N)=O)NC(=O)[C@H](Cc2c[nH]c3ccccc23)NC(=O)[C@H](CCCN=C(N)N)NC(=O)[C@@H](Cc2ccccc2)NC(=O)[C@H](Cc2cnc[nH]2)NC(=O)[C@H](CCC(=O)O)NC1=O. The highest BCUT2D eigenvalue weighted by Gasteiger charge is 2.45. The fourth-order valence-corrected chi connectivity index (χ4v) is 14.4. The number of guanidine groups is 1. The molecule has 3 aliphatic heterocycles. The molecule has 0 aliphatic carbocycles. The molecule has 11 atom stereocenters. The first-order chi connectivity index (χ1) is 48.8. The number of aromatic nitrogens is 3. The number of primary amides is 1. The Morgan fingerprint density at radius 2 is 1.25 bits per heavy atom. The van der Waals surface area contributed by atoms with Gasteiger partial charge in [0.25, 0.3) is 0 Å². The number of carboxylic acid groups (broad SMARTS) is 2. The van der Waals surface area contributed by atoms with Crippen LogP contribution in [0.3, 0.4) is 0 Å². The van der Waals surface area contributed by atoms with Crippen LogP contribution < -0.4 is 70.8 Å². The molecular formula is C65H89N19O16S2. The average Bonchev–Trinajstić information content (AvgIpc) is 1.64. The molecule has 2 aromatic carbocycles. The molecule has 2 aromatic heterocycles. The largest absolute Gasteiger partial charge is 0.481 e. The number of imidazole rings is 1. The van der Waals surface area contributed by atoms with Crippen LogP contribution in [0.5, 0.6) is 0 Å². The van der Waals surface area contributed by atoms with Crippen LogP contribution in [0.15, 0.2) is 78.3 Å². The number of carboxylic acids is 2. The number of carbonyl (C=O) groups excluding carboxylic acids is 12. The maximum atomic E-state index is 15.5. The summed E-state index contributed by atoms with van der Waals surface area (Å²) in [7, 11) is 1.89. The molecule has 102 heavy (non-hydrogen) atoms. The fraction of sp³-hybridized carbons (Fsp3) is 0.508. The van der Waals surface area contributed by atoms with Gasteiger partial charge in [-0.1, -0.05) is 70.1 Å². The first kappa shape index (κ1) is 79.0. The number of hydrogen-bond donors (Lipinski definition) is 17. The third kappa shape index (κ3) is 23.7. The van der Waals surface area contributed by atoms with E-state index in [0.29, 0.717) is 47.0 Å². The number of aliphatic imine (C=N–C) groups is 1. The highest BCUT2D eigenvalue weighted by atomic mass is 33.1. The molecule has 0 saturated carbocycles. The number of hydrogen-bond acceptors (Lipinski definition) is 19. The summed E-state index contributed by atoms with van der Waals surface area (Å²) in [5.41, 5.74) is 24.5. The summed E-state index contributed by atoms with van der Waals surface area (Å²) in [6.07, 6.45) is 3.06. The number of nitrogens with zero attached hydrogens (tertiary/aromatic N) is 4. The number of likely N-dealkylation sites (tertiary alicyclic amines) is 2. The highest BCUT2D eigenvalue weighted by Crippen LogP contribution is 2.29. The van der Waals surface area contributed by atoms with E-state index in [4.69, 9.17) is 22.9 Å². The molecule has 4 aromatic rings. The molecule has 37 heteroatoms. The molecule has 21 N–H and O–H groups in total. The van der Waals surface area contributed by atoms with E-state index in [1.54, 1.807) is 60.8 Å². The molecule has 0 spiro atoms. The quantitative estimate of drug-likeness (QED) is 0.0120. The Labute approximate surface area is 594 Å². The van der Waals surface area contributed by atoms with E-state index in [-0.39, 0.29) is 101 Å². The van der Waals surface area contributed by atoms with E-state index in [1.165, 1.54) is 22.3 Å². The number of unbranched alkanes of at least 4 members (excludes halogenated alkanes) is 1. The first-order valence-corrected chi connectivity index (χ1v) is 35.9. The Hall–Kier alpha value is -10.3. The third-order valence-electron chi connectivity index (χ3n) is 17.3. The van der Waals surface area contributed by atoms with Crippen molar-refractivity contribution in [3.05, 3.63) is 90.1 Å². The Bertz CT molecular complexity index is 3670. The van der Waals surface area contributed by atoms with Crippen LogP contribution in [0.2, 0.25) is 0 Å². The zero-order valence-electron chi connectivity index (χ0n) is 56.2. The zero-order valence-corrected chi connectivity index (χ0v) is 57.8. The lowest BCUT2D eigenvalue weighted by atomic mass is 10.0. The van der Waals surface area contributed by atoms with E-state index in [9.17, 15) is 53.4 Å².